The zero-order valence-electron chi connectivity index (χ0n) is 8.89. The van der Waals surface area contributed by atoms with Gasteiger partial charge in [0.2, 0.25) is 5.95 Å². The molecule has 0 aromatic carbocycles. The number of nitrogens with zero attached hydrogens (tertiary/aromatic N) is 3. The van der Waals surface area contributed by atoms with Crippen molar-refractivity contribution < 1.29 is 4.74 Å². The van der Waals surface area contributed by atoms with Gasteiger partial charge in [0.25, 0.3) is 0 Å². The van der Waals surface area contributed by atoms with Crippen LogP contribution in [0.2, 0.25) is 0 Å². The molecule has 1 fully saturated rings. The molecule has 15 heavy (non-hydrogen) atoms. The van der Waals surface area contributed by atoms with E-state index < -0.39 is 0 Å². The van der Waals surface area contributed by atoms with E-state index in [1.807, 2.05) is 0 Å². The second-order valence-corrected chi connectivity index (χ2v) is 3.77. The molecule has 1 aromatic heterocycles. The van der Waals surface area contributed by atoms with E-state index >= 15 is 0 Å². The lowest BCUT2D eigenvalue weighted by atomic mass is 10.1. The molecule has 0 amide bonds. The number of hydrogen-bond donors (Lipinski definition) is 1. The van der Waals surface area contributed by atoms with E-state index in [1.165, 1.54) is 0 Å². The first-order chi connectivity index (χ1) is 7.29. The fourth-order valence-electron chi connectivity index (χ4n) is 1.77. The molecular formula is C10H16N4O. The molecule has 1 aromatic rings. The number of rotatable bonds is 2. The Hall–Kier alpha value is -1.36. The molecule has 0 spiro atoms. The largest absolute Gasteiger partial charge is 0.494 e. The summed E-state index contributed by atoms with van der Waals surface area (Å²) < 4.78 is 5.01. The molecule has 2 rings (SSSR count). The first-order valence-electron chi connectivity index (χ1n) is 5.16. The molecule has 0 bridgehead atoms. The molecule has 1 atom stereocenters. The first kappa shape index (κ1) is 10.2. The molecule has 82 valence electrons. The second kappa shape index (κ2) is 4.44. The summed E-state index contributed by atoms with van der Waals surface area (Å²) in [6.07, 6.45) is 5.56. The lowest BCUT2D eigenvalue weighted by Gasteiger charge is -2.30. The van der Waals surface area contributed by atoms with Crippen LogP contribution in [0.3, 0.4) is 0 Å². The van der Waals surface area contributed by atoms with Crippen molar-refractivity contribution in [1.29, 1.82) is 0 Å². The van der Waals surface area contributed by atoms with E-state index in [0.29, 0.717) is 5.75 Å². The van der Waals surface area contributed by atoms with Crippen molar-refractivity contribution in [3.63, 3.8) is 0 Å². The molecule has 5 nitrogen and oxygen atoms in total. The van der Waals surface area contributed by atoms with Crippen LogP contribution in [0, 0.1) is 0 Å². The number of ether oxygens (including phenoxy) is 1. The fraction of sp³-hybridized carbons (Fsp3) is 0.600. The highest BCUT2D eigenvalue weighted by molar-refractivity contribution is 5.32. The van der Waals surface area contributed by atoms with Gasteiger partial charge in [-0.2, -0.15) is 0 Å². The zero-order chi connectivity index (χ0) is 10.7. The van der Waals surface area contributed by atoms with Gasteiger partial charge in [-0.15, -0.1) is 0 Å². The minimum Gasteiger partial charge on any atom is -0.494 e. The third kappa shape index (κ3) is 2.36. The van der Waals surface area contributed by atoms with Crippen LogP contribution in [0.4, 0.5) is 5.95 Å². The Morgan fingerprint density at radius 2 is 2.20 bits per heavy atom. The number of piperidine rings is 1. The van der Waals surface area contributed by atoms with Crippen LogP contribution in [-0.4, -0.2) is 36.2 Å². The Morgan fingerprint density at radius 3 is 2.80 bits per heavy atom. The number of nitrogens with two attached hydrogens (primary N) is 1. The Balaban J connectivity index is 2.07. The molecule has 2 heterocycles. The average molecular weight is 208 g/mol. The van der Waals surface area contributed by atoms with E-state index in [1.54, 1.807) is 19.5 Å². The van der Waals surface area contributed by atoms with E-state index in [4.69, 9.17) is 10.5 Å². The number of hydrogen-bond acceptors (Lipinski definition) is 5. The van der Waals surface area contributed by atoms with Gasteiger partial charge in [0, 0.05) is 19.1 Å². The van der Waals surface area contributed by atoms with Gasteiger partial charge in [-0.05, 0) is 12.8 Å². The van der Waals surface area contributed by atoms with Gasteiger partial charge < -0.3 is 15.4 Å². The van der Waals surface area contributed by atoms with Crippen LogP contribution in [0.5, 0.6) is 5.75 Å². The van der Waals surface area contributed by atoms with Gasteiger partial charge >= 0.3 is 0 Å². The third-order valence-electron chi connectivity index (χ3n) is 2.59. The van der Waals surface area contributed by atoms with E-state index in [9.17, 15) is 0 Å². The van der Waals surface area contributed by atoms with Crippen LogP contribution in [0.25, 0.3) is 0 Å². The van der Waals surface area contributed by atoms with E-state index in [-0.39, 0.29) is 6.04 Å². The molecule has 1 aliphatic heterocycles. The SMILES string of the molecule is COc1cnc(N2CCC[C@@H](N)C2)nc1. The van der Waals surface area contributed by atoms with Crippen molar-refractivity contribution in [2.75, 3.05) is 25.1 Å². The summed E-state index contributed by atoms with van der Waals surface area (Å²) in [4.78, 5) is 10.6. The van der Waals surface area contributed by atoms with Crippen LogP contribution >= 0.6 is 0 Å². The maximum absolute atomic E-state index is 5.90. The molecule has 1 saturated heterocycles. The standard InChI is InChI=1S/C10H16N4O/c1-15-9-5-12-10(13-6-9)14-4-2-3-8(11)7-14/h5-6,8H,2-4,7,11H2,1H3/t8-/m1/s1. The molecule has 1 aliphatic rings. The highest BCUT2D eigenvalue weighted by atomic mass is 16.5. The van der Waals surface area contributed by atoms with Crippen molar-refractivity contribution in [2.45, 2.75) is 18.9 Å². The van der Waals surface area contributed by atoms with Gasteiger partial charge in [-0.3, -0.25) is 0 Å². The van der Waals surface area contributed by atoms with Gasteiger partial charge in [0.05, 0.1) is 19.5 Å². The van der Waals surface area contributed by atoms with Crippen molar-refractivity contribution in [3.05, 3.63) is 12.4 Å². The maximum Gasteiger partial charge on any atom is 0.225 e. The highest BCUT2D eigenvalue weighted by Crippen LogP contribution is 2.16. The Bertz CT molecular complexity index is 314. The second-order valence-electron chi connectivity index (χ2n) is 3.77. The molecular weight excluding hydrogens is 192 g/mol. The molecule has 2 N–H and O–H groups in total. The summed E-state index contributed by atoms with van der Waals surface area (Å²) in [5.74, 6) is 1.42. The Kier molecular flexibility index (Phi) is 3.01. The highest BCUT2D eigenvalue weighted by Gasteiger charge is 2.18. The summed E-state index contributed by atoms with van der Waals surface area (Å²) >= 11 is 0. The topological polar surface area (TPSA) is 64.3 Å². The number of methoxy groups -OCH3 is 1. The van der Waals surface area contributed by atoms with E-state index in [0.717, 1.165) is 31.9 Å². The third-order valence-corrected chi connectivity index (χ3v) is 2.59. The Morgan fingerprint density at radius 1 is 1.47 bits per heavy atom. The van der Waals surface area contributed by atoms with Gasteiger partial charge in [-0.1, -0.05) is 0 Å². The molecule has 0 unspecified atom stereocenters. The predicted molar refractivity (Wildman–Crippen MR) is 58.0 cm³/mol. The smallest absolute Gasteiger partial charge is 0.225 e. The normalized spacial score (nSPS) is 21.5. The molecule has 5 heteroatoms. The summed E-state index contributed by atoms with van der Waals surface area (Å²) in [5.41, 5.74) is 5.90. The number of anilines is 1. The predicted octanol–water partition coefficient (Wildman–Crippen LogP) is 0.413. The maximum atomic E-state index is 5.90. The van der Waals surface area contributed by atoms with Gasteiger partial charge in [0.15, 0.2) is 5.75 Å². The molecule has 0 aliphatic carbocycles. The van der Waals surface area contributed by atoms with Crippen LogP contribution in [0.15, 0.2) is 12.4 Å². The zero-order valence-corrected chi connectivity index (χ0v) is 8.89. The van der Waals surface area contributed by atoms with Gasteiger partial charge in [0.1, 0.15) is 0 Å². The van der Waals surface area contributed by atoms with Crippen molar-refractivity contribution in [3.8, 4) is 5.75 Å². The van der Waals surface area contributed by atoms with Crippen molar-refractivity contribution >= 4 is 5.95 Å². The monoisotopic (exact) mass is 208 g/mol. The summed E-state index contributed by atoms with van der Waals surface area (Å²) in [6, 6.07) is 0.240. The van der Waals surface area contributed by atoms with Crippen LogP contribution in [0.1, 0.15) is 12.8 Å². The Labute approximate surface area is 89.3 Å². The summed E-state index contributed by atoms with van der Waals surface area (Å²) in [6.45, 7) is 1.83. The number of aromatic nitrogens is 2. The lowest BCUT2D eigenvalue weighted by Crippen LogP contribution is -2.43. The van der Waals surface area contributed by atoms with Crippen LogP contribution < -0.4 is 15.4 Å². The minimum absolute atomic E-state index is 0.240. The first-order valence-corrected chi connectivity index (χ1v) is 5.16. The van der Waals surface area contributed by atoms with E-state index in [2.05, 4.69) is 14.9 Å². The minimum atomic E-state index is 0.240. The van der Waals surface area contributed by atoms with Crippen molar-refractivity contribution in [1.82, 2.24) is 9.97 Å². The summed E-state index contributed by atoms with van der Waals surface area (Å²) in [7, 11) is 1.61. The van der Waals surface area contributed by atoms with Crippen LogP contribution in [-0.2, 0) is 0 Å². The summed E-state index contributed by atoms with van der Waals surface area (Å²) in [5, 5.41) is 0. The molecule has 0 radical (unpaired) electrons. The quantitative estimate of drug-likeness (QED) is 0.762. The van der Waals surface area contributed by atoms with Gasteiger partial charge in [-0.25, -0.2) is 9.97 Å². The lowest BCUT2D eigenvalue weighted by molar-refractivity contribution is 0.410. The van der Waals surface area contributed by atoms with Crippen molar-refractivity contribution in [2.24, 2.45) is 5.73 Å². The fourth-order valence-corrected chi connectivity index (χ4v) is 1.77. The average Bonchev–Trinajstić information content (AvgIpc) is 2.29. The molecule has 0 saturated carbocycles.